The van der Waals surface area contributed by atoms with Gasteiger partial charge in [0, 0.05) is 13.1 Å². The first-order chi connectivity index (χ1) is 14.2. The second-order valence-corrected chi connectivity index (χ2v) is 8.33. The molecule has 0 bridgehead atoms. The van der Waals surface area contributed by atoms with E-state index in [1.165, 1.54) is 16.7 Å². The highest BCUT2D eigenvalue weighted by atomic mass is 32.1. The molecule has 1 aliphatic rings. The fourth-order valence-corrected chi connectivity index (χ4v) is 4.47. The standard InChI is InChI=1S/C24H21N3OS/c1-17-8-10-20(11-9-17)27-22(15-21(25-27)23-7-4-14-29-23)24(28)26-13-12-18-5-2-3-6-19(18)16-26/h2-11,14-15H,12-13,16H2,1H3. The fourth-order valence-electron chi connectivity index (χ4n) is 3.79. The Morgan fingerprint density at radius 3 is 2.55 bits per heavy atom. The number of rotatable bonds is 3. The summed E-state index contributed by atoms with van der Waals surface area (Å²) < 4.78 is 1.79. The van der Waals surface area contributed by atoms with Gasteiger partial charge in [0.05, 0.1) is 10.6 Å². The lowest BCUT2D eigenvalue weighted by Gasteiger charge is -2.29. The second-order valence-electron chi connectivity index (χ2n) is 7.38. The van der Waals surface area contributed by atoms with Crippen molar-refractivity contribution in [2.24, 2.45) is 0 Å². The van der Waals surface area contributed by atoms with Crippen LogP contribution in [0.5, 0.6) is 0 Å². The predicted molar refractivity (Wildman–Crippen MR) is 117 cm³/mol. The van der Waals surface area contributed by atoms with Gasteiger partial charge in [-0.15, -0.1) is 11.3 Å². The van der Waals surface area contributed by atoms with Crippen molar-refractivity contribution in [1.29, 1.82) is 0 Å². The normalized spacial score (nSPS) is 13.3. The maximum atomic E-state index is 13.5. The monoisotopic (exact) mass is 399 g/mol. The highest BCUT2D eigenvalue weighted by Gasteiger charge is 2.26. The van der Waals surface area contributed by atoms with Crippen LogP contribution < -0.4 is 0 Å². The first-order valence-electron chi connectivity index (χ1n) is 9.76. The van der Waals surface area contributed by atoms with E-state index in [0.717, 1.165) is 29.2 Å². The fraction of sp³-hybridized carbons (Fsp3) is 0.167. The smallest absolute Gasteiger partial charge is 0.272 e. The van der Waals surface area contributed by atoms with E-state index in [1.54, 1.807) is 16.0 Å². The summed E-state index contributed by atoms with van der Waals surface area (Å²) >= 11 is 1.63. The number of carbonyl (C=O) groups is 1. The van der Waals surface area contributed by atoms with Crippen LogP contribution in [-0.2, 0) is 13.0 Å². The molecule has 0 spiro atoms. The molecular weight excluding hydrogens is 378 g/mol. The minimum Gasteiger partial charge on any atom is -0.333 e. The number of nitrogens with zero attached hydrogens (tertiary/aromatic N) is 3. The molecular formula is C24H21N3OS. The molecule has 2 aromatic carbocycles. The van der Waals surface area contributed by atoms with E-state index in [2.05, 4.69) is 25.1 Å². The molecule has 144 valence electrons. The van der Waals surface area contributed by atoms with Crippen molar-refractivity contribution in [3.8, 4) is 16.3 Å². The lowest BCUT2D eigenvalue weighted by Crippen LogP contribution is -2.37. The van der Waals surface area contributed by atoms with Crippen molar-refractivity contribution >= 4 is 17.2 Å². The van der Waals surface area contributed by atoms with Crippen LogP contribution in [0.25, 0.3) is 16.3 Å². The van der Waals surface area contributed by atoms with E-state index in [4.69, 9.17) is 5.10 Å². The van der Waals surface area contributed by atoms with E-state index in [-0.39, 0.29) is 5.91 Å². The quantitative estimate of drug-likeness (QED) is 0.480. The van der Waals surface area contributed by atoms with E-state index < -0.39 is 0 Å². The molecule has 0 N–H and O–H groups in total. The van der Waals surface area contributed by atoms with E-state index in [0.29, 0.717) is 12.2 Å². The summed E-state index contributed by atoms with van der Waals surface area (Å²) in [5.74, 6) is 0.0235. The number of benzene rings is 2. The highest BCUT2D eigenvalue weighted by molar-refractivity contribution is 7.13. The zero-order valence-corrected chi connectivity index (χ0v) is 17.0. The molecule has 29 heavy (non-hydrogen) atoms. The van der Waals surface area contributed by atoms with Gasteiger partial charge in [-0.25, -0.2) is 4.68 Å². The van der Waals surface area contributed by atoms with Gasteiger partial charge in [0.1, 0.15) is 11.4 Å². The first kappa shape index (κ1) is 17.9. The van der Waals surface area contributed by atoms with Crippen molar-refractivity contribution < 1.29 is 4.79 Å². The third-order valence-electron chi connectivity index (χ3n) is 5.40. The molecule has 0 atom stereocenters. The van der Waals surface area contributed by atoms with Crippen molar-refractivity contribution in [1.82, 2.24) is 14.7 Å². The number of hydrogen-bond donors (Lipinski definition) is 0. The molecule has 5 heteroatoms. The van der Waals surface area contributed by atoms with E-state index in [1.807, 2.05) is 58.8 Å². The van der Waals surface area contributed by atoms with Crippen LogP contribution in [0.4, 0.5) is 0 Å². The SMILES string of the molecule is Cc1ccc(-n2nc(-c3cccs3)cc2C(=O)N2CCc3ccccc3C2)cc1. The molecule has 4 aromatic rings. The van der Waals surface area contributed by atoms with Gasteiger partial charge in [-0.2, -0.15) is 5.10 Å². The number of amides is 1. The number of aryl methyl sites for hydroxylation is 1. The van der Waals surface area contributed by atoms with Gasteiger partial charge in [-0.3, -0.25) is 4.79 Å². The minimum absolute atomic E-state index is 0.0235. The minimum atomic E-state index is 0.0235. The maximum absolute atomic E-state index is 13.5. The third kappa shape index (κ3) is 3.38. The average Bonchev–Trinajstić information content (AvgIpc) is 3.43. The summed E-state index contributed by atoms with van der Waals surface area (Å²) in [4.78, 5) is 16.5. The predicted octanol–water partition coefficient (Wildman–Crippen LogP) is 5.11. The lowest BCUT2D eigenvalue weighted by molar-refractivity contribution is 0.0725. The van der Waals surface area contributed by atoms with Crippen LogP contribution in [0.1, 0.15) is 27.2 Å². The number of hydrogen-bond acceptors (Lipinski definition) is 3. The number of carbonyl (C=O) groups excluding carboxylic acids is 1. The van der Waals surface area contributed by atoms with Gasteiger partial charge in [0.2, 0.25) is 0 Å². The van der Waals surface area contributed by atoms with Crippen LogP contribution in [0.15, 0.2) is 72.1 Å². The Hall–Kier alpha value is -3.18. The average molecular weight is 400 g/mol. The van der Waals surface area contributed by atoms with Gasteiger partial charge >= 0.3 is 0 Å². The topological polar surface area (TPSA) is 38.1 Å². The van der Waals surface area contributed by atoms with Crippen molar-refractivity contribution in [3.05, 3.63) is 94.5 Å². The lowest BCUT2D eigenvalue weighted by atomic mass is 10.00. The first-order valence-corrected chi connectivity index (χ1v) is 10.6. The molecule has 0 radical (unpaired) electrons. The van der Waals surface area contributed by atoms with E-state index in [9.17, 15) is 4.79 Å². The van der Waals surface area contributed by atoms with Gasteiger partial charge < -0.3 is 4.90 Å². The molecule has 0 fully saturated rings. The Morgan fingerprint density at radius 1 is 1.00 bits per heavy atom. The van der Waals surface area contributed by atoms with Crippen LogP contribution in [0.2, 0.25) is 0 Å². The highest BCUT2D eigenvalue weighted by Crippen LogP contribution is 2.28. The summed E-state index contributed by atoms with van der Waals surface area (Å²) in [6.07, 6.45) is 0.887. The Kier molecular flexibility index (Phi) is 4.52. The van der Waals surface area contributed by atoms with Crippen LogP contribution >= 0.6 is 11.3 Å². The molecule has 0 saturated heterocycles. The molecule has 5 rings (SSSR count). The summed E-state index contributed by atoms with van der Waals surface area (Å²) in [6, 6.07) is 22.5. The van der Waals surface area contributed by atoms with Gasteiger partial charge in [0.15, 0.2) is 0 Å². The zero-order chi connectivity index (χ0) is 19.8. The van der Waals surface area contributed by atoms with Gasteiger partial charge in [-0.1, -0.05) is 48.0 Å². The molecule has 3 heterocycles. The number of fused-ring (bicyclic) bond motifs is 1. The molecule has 0 unspecified atom stereocenters. The Balaban J connectivity index is 1.54. The van der Waals surface area contributed by atoms with Crippen molar-refractivity contribution in [2.45, 2.75) is 19.9 Å². The largest absolute Gasteiger partial charge is 0.333 e. The molecule has 0 aliphatic carbocycles. The Bertz CT molecular complexity index is 1160. The number of thiophene rings is 1. The maximum Gasteiger partial charge on any atom is 0.272 e. The zero-order valence-electron chi connectivity index (χ0n) is 16.2. The van der Waals surface area contributed by atoms with Crippen LogP contribution in [0.3, 0.4) is 0 Å². The van der Waals surface area contributed by atoms with Crippen molar-refractivity contribution in [2.75, 3.05) is 6.54 Å². The molecule has 2 aromatic heterocycles. The summed E-state index contributed by atoms with van der Waals surface area (Å²) in [5.41, 5.74) is 6.09. The summed E-state index contributed by atoms with van der Waals surface area (Å²) in [5, 5.41) is 6.82. The van der Waals surface area contributed by atoms with E-state index >= 15 is 0 Å². The van der Waals surface area contributed by atoms with Gasteiger partial charge in [-0.05, 0) is 54.1 Å². The Labute approximate surface area is 174 Å². The second kappa shape index (κ2) is 7.33. The number of aromatic nitrogens is 2. The summed E-state index contributed by atoms with van der Waals surface area (Å²) in [6.45, 7) is 3.42. The van der Waals surface area contributed by atoms with Gasteiger partial charge in [0.25, 0.3) is 5.91 Å². The summed E-state index contributed by atoms with van der Waals surface area (Å²) in [7, 11) is 0. The molecule has 1 aliphatic heterocycles. The van der Waals surface area contributed by atoms with Crippen LogP contribution in [0, 0.1) is 6.92 Å². The molecule has 1 amide bonds. The third-order valence-corrected chi connectivity index (χ3v) is 6.29. The van der Waals surface area contributed by atoms with Crippen molar-refractivity contribution in [3.63, 3.8) is 0 Å². The molecule has 0 saturated carbocycles. The Morgan fingerprint density at radius 2 is 1.79 bits per heavy atom. The molecule has 4 nitrogen and oxygen atoms in total. The van der Waals surface area contributed by atoms with Crippen LogP contribution in [-0.4, -0.2) is 27.1 Å².